The monoisotopic (exact) mass is 265 g/mol. The van der Waals surface area contributed by atoms with E-state index in [0.29, 0.717) is 12.2 Å². The van der Waals surface area contributed by atoms with Crippen molar-refractivity contribution in [3.8, 4) is 0 Å². The normalized spacial score (nSPS) is 45.3. The fourth-order valence-corrected chi connectivity index (χ4v) is 4.76. The molecule has 3 atom stereocenters. The third-order valence-electron chi connectivity index (χ3n) is 5.94. The molecule has 2 saturated carbocycles. The minimum atomic E-state index is -0.101. The van der Waals surface area contributed by atoms with Gasteiger partial charge in [-0.1, -0.05) is 12.8 Å². The van der Waals surface area contributed by atoms with Crippen molar-refractivity contribution in [3.05, 3.63) is 0 Å². The molecule has 2 saturated heterocycles. The Morgan fingerprint density at radius 1 is 1.00 bits per heavy atom. The molecule has 2 N–H and O–H groups in total. The lowest BCUT2D eigenvalue weighted by atomic mass is 9.83. The van der Waals surface area contributed by atoms with Gasteiger partial charge in [0.25, 0.3) is 0 Å². The van der Waals surface area contributed by atoms with Gasteiger partial charge < -0.3 is 15.2 Å². The molecule has 2 aliphatic carbocycles. The van der Waals surface area contributed by atoms with Crippen LogP contribution in [-0.2, 0) is 9.47 Å². The number of hydrogen-bond acceptors (Lipinski definition) is 3. The third kappa shape index (κ3) is 2.24. The molecule has 0 radical (unpaired) electrons. The number of nitrogens with two attached hydrogens (primary N) is 1. The van der Waals surface area contributed by atoms with E-state index in [1.54, 1.807) is 0 Å². The zero-order valence-corrected chi connectivity index (χ0v) is 11.9. The first kappa shape index (κ1) is 12.6. The maximum absolute atomic E-state index is 6.71. The molecular weight excluding hydrogens is 238 g/mol. The van der Waals surface area contributed by atoms with E-state index in [2.05, 4.69) is 0 Å². The molecule has 4 rings (SSSR count). The summed E-state index contributed by atoms with van der Waals surface area (Å²) in [4.78, 5) is 0. The fraction of sp³-hybridized carbons (Fsp3) is 1.00. The first-order valence-electron chi connectivity index (χ1n) is 8.28. The van der Waals surface area contributed by atoms with Crippen LogP contribution in [0.2, 0.25) is 0 Å². The van der Waals surface area contributed by atoms with Crippen LogP contribution in [0, 0.1) is 5.92 Å². The quantitative estimate of drug-likeness (QED) is 0.853. The Hall–Kier alpha value is -0.120. The van der Waals surface area contributed by atoms with Crippen molar-refractivity contribution < 1.29 is 9.47 Å². The lowest BCUT2D eigenvalue weighted by Gasteiger charge is -2.33. The Morgan fingerprint density at radius 3 is 2.53 bits per heavy atom. The average molecular weight is 265 g/mol. The fourth-order valence-electron chi connectivity index (χ4n) is 4.76. The molecule has 0 bridgehead atoms. The molecule has 0 amide bonds. The van der Waals surface area contributed by atoms with Crippen molar-refractivity contribution in [2.75, 3.05) is 6.61 Å². The van der Waals surface area contributed by atoms with Gasteiger partial charge in [-0.25, -0.2) is 0 Å². The molecule has 108 valence electrons. The Bertz CT molecular complexity index is 349. The highest BCUT2D eigenvalue weighted by Gasteiger charge is 2.51. The average Bonchev–Trinajstić information content (AvgIpc) is 2.83. The van der Waals surface area contributed by atoms with Crippen molar-refractivity contribution in [1.29, 1.82) is 0 Å². The SMILES string of the molecule is NC1(CC2CCC3(CCCC3)O2)CCOC1C1CC1. The van der Waals surface area contributed by atoms with Crippen LogP contribution in [-0.4, -0.2) is 30.0 Å². The van der Waals surface area contributed by atoms with E-state index in [9.17, 15) is 0 Å². The maximum atomic E-state index is 6.71. The Balaban J connectivity index is 1.41. The van der Waals surface area contributed by atoms with E-state index >= 15 is 0 Å². The molecule has 0 aromatic carbocycles. The van der Waals surface area contributed by atoms with Gasteiger partial charge >= 0.3 is 0 Å². The van der Waals surface area contributed by atoms with Crippen LogP contribution >= 0.6 is 0 Å². The van der Waals surface area contributed by atoms with Gasteiger partial charge in [-0.05, 0) is 57.3 Å². The van der Waals surface area contributed by atoms with Gasteiger partial charge in [0.05, 0.1) is 17.8 Å². The highest BCUT2D eigenvalue weighted by Crippen LogP contribution is 2.48. The van der Waals surface area contributed by atoms with Crippen LogP contribution < -0.4 is 5.73 Å². The van der Waals surface area contributed by atoms with E-state index in [1.807, 2.05) is 0 Å². The zero-order chi connectivity index (χ0) is 12.9. The molecule has 3 unspecified atom stereocenters. The van der Waals surface area contributed by atoms with E-state index in [-0.39, 0.29) is 11.1 Å². The molecule has 3 heteroatoms. The topological polar surface area (TPSA) is 44.5 Å². The molecule has 1 spiro atoms. The second kappa shape index (κ2) is 4.44. The van der Waals surface area contributed by atoms with Crippen molar-refractivity contribution in [1.82, 2.24) is 0 Å². The van der Waals surface area contributed by atoms with Crippen LogP contribution in [0.5, 0.6) is 0 Å². The predicted molar refractivity (Wildman–Crippen MR) is 73.9 cm³/mol. The van der Waals surface area contributed by atoms with Crippen molar-refractivity contribution in [3.63, 3.8) is 0 Å². The van der Waals surface area contributed by atoms with Crippen LogP contribution in [0.4, 0.5) is 0 Å². The minimum absolute atomic E-state index is 0.101. The maximum Gasteiger partial charge on any atom is 0.0784 e. The van der Waals surface area contributed by atoms with Gasteiger partial charge in [-0.2, -0.15) is 0 Å². The summed E-state index contributed by atoms with van der Waals surface area (Å²) >= 11 is 0. The number of hydrogen-bond donors (Lipinski definition) is 1. The lowest BCUT2D eigenvalue weighted by molar-refractivity contribution is -0.0525. The molecule has 0 aromatic rings. The van der Waals surface area contributed by atoms with E-state index < -0.39 is 0 Å². The molecule has 3 nitrogen and oxygen atoms in total. The predicted octanol–water partition coefficient (Wildman–Crippen LogP) is 2.76. The van der Waals surface area contributed by atoms with Gasteiger partial charge in [-0.15, -0.1) is 0 Å². The van der Waals surface area contributed by atoms with Gasteiger partial charge in [0.2, 0.25) is 0 Å². The molecule has 19 heavy (non-hydrogen) atoms. The number of ether oxygens (including phenoxy) is 2. The van der Waals surface area contributed by atoms with Crippen LogP contribution in [0.1, 0.15) is 64.2 Å². The summed E-state index contributed by atoms with van der Waals surface area (Å²) in [5.74, 6) is 0.745. The van der Waals surface area contributed by atoms with Gasteiger partial charge in [0.1, 0.15) is 0 Å². The van der Waals surface area contributed by atoms with Crippen LogP contribution in [0.3, 0.4) is 0 Å². The molecule has 2 aliphatic heterocycles. The summed E-state index contributed by atoms with van der Waals surface area (Å²) in [6.45, 7) is 0.857. The van der Waals surface area contributed by atoms with E-state index in [4.69, 9.17) is 15.2 Å². The zero-order valence-electron chi connectivity index (χ0n) is 11.9. The number of rotatable bonds is 3. The standard InChI is InChI=1S/C16H27NO2/c17-16(9-10-18-14(16)12-3-4-12)11-13-5-8-15(19-13)6-1-2-7-15/h12-14H,1-11,17H2. The second-order valence-electron chi connectivity index (χ2n) is 7.48. The summed E-state index contributed by atoms with van der Waals surface area (Å²) in [7, 11) is 0. The Kier molecular flexibility index (Phi) is 2.95. The summed E-state index contributed by atoms with van der Waals surface area (Å²) in [5.41, 5.74) is 6.85. The van der Waals surface area contributed by atoms with Crippen LogP contribution in [0.25, 0.3) is 0 Å². The first-order chi connectivity index (χ1) is 9.19. The Labute approximate surface area is 116 Å². The van der Waals surface area contributed by atoms with Crippen LogP contribution in [0.15, 0.2) is 0 Å². The largest absolute Gasteiger partial charge is 0.376 e. The summed E-state index contributed by atoms with van der Waals surface area (Å²) in [5, 5.41) is 0. The summed E-state index contributed by atoms with van der Waals surface area (Å²) in [6.07, 6.45) is 13.2. The third-order valence-corrected chi connectivity index (χ3v) is 5.94. The first-order valence-corrected chi connectivity index (χ1v) is 8.28. The van der Waals surface area contributed by atoms with Crippen molar-refractivity contribution >= 4 is 0 Å². The van der Waals surface area contributed by atoms with Crippen molar-refractivity contribution in [2.24, 2.45) is 11.7 Å². The lowest BCUT2D eigenvalue weighted by Crippen LogP contribution is -2.51. The van der Waals surface area contributed by atoms with Gasteiger partial charge in [0, 0.05) is 12.1 Å². The summed E-state index contributed by atoms with van der Waals surface area (Å²) < 4.78 is 12.4. The highest BCUT2D eigenvalue weighted by molar-refractivity contribution is 5.06. The molecule has 0 aromatic heterocycles. The second-order valence-corrected chi connectivity index (χ2v) is 7.48. The van der Waals surface area contributed by atoms with Gasteiger partial charge in [-0.3, -0.25) is 0 Å². The van der Waals surface area contributed by atoms with E-state index in [1.165, 1.54) is 51.4 Å². The molecule has 2 heterocycles. The molecule has 4 fully saturated rings. The molecular formula is C16H27NO2. The highest BCUT2D eigenvalue weighted by atomic mass is 16.5. The Morgan fingerprint density at radius 2 is 1.79 bits per heavy atom. The summed E-state index contributed by atoms with van der Waals surface area (Å²) in [6, 6.07) is 0. The van der Waals surface area contributed by atoms with Crippen molar-refractivity contribution in [2.45, 2.75) is 87.6 Å². The molecule has 4 aliphatic rings. The van der Waals surface area contributed by atoms with E-state index in [0.717, 1.165) is 25.4 Å². The van der Waals surface area contributed by atoms with Gasteiger partial charge in [0.15, 0.2) is 0 Å². The smallest absolute Gasteiger partial charge is 0.0784 e. The minimum Gasteiger partial charge on any atom is -0.376 e.